The molecular formula is C30H21N. The molecule has 0 fully saturated rings. The van der Waals surface area contributed by atoms with Crippen molar-refractivity contribution in [1.29, 1.82) is 5.26 Å². The Morgan fingerprint density at radius 3 is 1.55 bits per heavy atom. The highest BCUT2D eigenvalue weighted by Crippen LogP contribution is 2.22. The summed E-state index contributed by atoms with van der Waals surface area (Å²) in [5.41, 5.74) is 5.86. The van der Waals surface area contributed by atoms with E-state index in [1.165, 1.54) is 5.56 Å². The lowest BCUT2D eigenvalue weighted by atomic mass is 9.99. The average molecular weight is 396 g/mol. The van der Waals surface area contributed by atoms with Gasteiger partial charge < -0.3 is 0 Å². The second-order valence-corrected chi connectivity index (χ2v) is 7.34. The lowest BCUT2D eigenvalue weighted by Crippen LogP contribution is -1.86. The number of nitrogens with zero attached hydrogens (tertiary/aromatic N) is 1. The molecule has 0 saturated heterocycles. The molecule has 31 heavy (non-hydrogen) atoms. The van der Waals surface area contributed by atoms with Crippen LogP contribution in [0.25, 0.3) is 10.8 Å². The van der Waals surface area contributed by atoms with Gasteiger partial charge in [0.15, 0.2) is 0 Å². The van der Waals surface area contributed by atoms with Crippen molar-refractivity contribution in [3.8, 4) is 29.8 Å². The van der Waals surface area contributed by atoms with Crippen LogP contribution in [-0.2, 0) is 6.42 Å². The number of nitriles is 1. The van der Waals surface area contributed by atoms with E-state index < -0.39 is 0 Å². The first-order valence-corrected chi connectivity index (χ1v) is 10.4. The predicted octanol–water partition coefficient (Wildman–Crippen LogP) is 6.46. The summed E-state index contributed by atoms with van der Waals surface area (Å²) in [6.07, 6.45) is 2.25. The SMILES string of the molecule is CCCc1ccc(C#Cc2ccc(C#Cc3ccc(C#N)cc3)c3ccccc23)cc1. The molecule has 0 radical (unpaired) electrons. The van der Waals surface area contributed by atoms with Gasteiger partial charge in [-0.15, -0.1) is 0 Å². The van der Waals surface area contributed by atoms with E-state index in [2.05, 4.69) is 73.1 Å². The van der Waals surface area contributed by atoms with Gasteiger partial charge in [0.2, 0.25) is 0 Å². The van der Waals surface area contributed by atoms with Gasteiger partial charge in [-0.25, -0.2) is 0 Å². The van der Waals surface area contributed by atoms with Gasteiger partial charge >= 0.3 is 0 Å². The Hall–Kier alpha value is -4.25. The lowest BCUT2D eigenvalue weighted by molar-refractivity contribution is 0.922. The van der Waals surface area contributed by atoms with Crippen LogP contribution < -0.4 is 0 Å². The molecule has 4 aromatic carbocycles. The number of rotatable bonds is 2. The summed E-state index contributed by atoms with van der Waals surface area (Å²) in [5.74, 6) is 13.1. The highest BCUT2D eigenvalue weighted by atomic mass is 14.2. The zero-order valence-corrected chi connectivity index (χ0v) is 17.4. The van der Waals surface area contributed by atoms with Gasteiger partial charge in [0.25, 0.3) is 0 Å². The van der Waals surface area contributed by atoms with Gasteiger partial charge in [-0.2, -0.15) is 5.26 Å². The molecule has 0 atom stereocenters. The average Bonchev–Trinajstić information content (AvgIpc) is 2.83. The standard InChI is InChI=1S/C30H21N/c1-2-5-23-8-10-24(11-9-23)16-18-27-20-21-28(30-7-4-3-6-29(27)30)19-17-25-12-14-26(22-31)15-13-25/h3-4,6-15,20-21H,2,5H2,1H3. The van der Waals surface area contributed by atoms with Gasteiger partial charge in [0.05, 0.1) is 11.6 Å². The molecule has 0 aliphatic carbocycles. The molecule has 0 aliphatic heterocycles. The Bertz CT molecular complexity index is 1380. The first-order chi connectivity index (χ1) is 15.3. The van der Waals surface area contributed by atoms with E-state index in [4.69, 9.17) is 5.26 Å². The summed E-state index contributed by atoms with van der Waals surface area (Å²) < 4.78 is 0. The zero-order chi connectivity index (χ0) is 21.5. The van der Waals surface area contributed by atoms with E-state index in [1.54, 1.807) is 12.1 Å². The Kier molecular flexibility index (Phi) is 6.14. The van der Waals surface area contributed by atoms with Gasteiger partial charge in [0.1, 0.15) is 0 Å². The van der Waals surface area contributed by atoms with Crippen LogP contribution in [0.2, 0.25) is 0 Å². The number of hydrogen-bond donors (Lipinski definition) is 0. The Labute approximate surface area is 184 Å². The second-order valence-electron chi connectivity index (χ2n) is 7.34. The molecule has 1 nitrogen and oxygen atoms in total. The summed E-state index contributed by atoms with van der Waals surface area (Å²) in [7, 11) is 0. The van der Waals surface area contributed by atoms with Crippen LogP contribution in [-0.4, -0.2) is 0 Å². The summed E-state index contributed by atoms with van der Waals surface area (Å²) in [4.78, 5) is 0. The molecule has 4 rings (SSSR count). The Balaban J connectivity index is 1.66. The molecule has 0 N–H and O–H groups in total. The van der Waals surface area contributed by atoms with Crippen LogP contribution in [0.5, 0.6) is 0 Å². The maximum Gasteiger partial charge on any atom is 0.0991 e. The summed E-state index contributed by atoms with van der Waals surface area (Å²) in [6, 6.07) is 30.3. The van der Waals surface area contributed by atoms with E-state index in [0.717, 1.165) is 45.9 Å². The molecular weight excluding hydrogens is 374 g/mol. The molecule has 0 aromatic heterocycles. The minimum atomic E-state index is 0.638. The highest BCUT2D eigenvalue weighted by molar-refractivity contribution is 5.93. The van der Waals surface area contributed by atoms with E-state index >= 15 is 0 Å². The third kappa shape index (κ3) is 4.85. The van der Waals surface area contributed by atoms with Gasteiger partial charge in [-0.3, -0.25) is 0 Å². The van der Waals surface area contributed by atoms with Crippen LogP contribution in [0, 0.1) is 35.0 Å². The van der Waals surface area contributed by atoms with Crippen molar-refractivity contribution in [2.45, 2.75) is 19.8 Å². The van der Waals surface area contributed by atoms with Crippen LogP contribution in [0.3, 0.4) is 0 Å². The minimum Gasteiger partial charge on any atom is -0.192 e. The molecule has 1 heteroatoms. The maximum absolute atomic E-state index is 8.93. The first kappa shape index (κ1) is 20.0. The quantitative estimate of drug-likeness (QED) is 0.357. The van der Waals surface area contributed by atoms with Gasteiger partial charge in [0, 0.05) is 22.3 Å². The molecule has 0 spiro atoms. The van der Waals surface area contributed by atoms with Crippen LogP contribution >= 0.6 is 0 Å². The number of benzene rings is 4. The first-order valence-electron chi connectivity index (χ1n) is 10.4. The van der Waals surface area contributed by atoms with Crippen molar-refractivity contribution in [2.24, 2.45) is 0 Å². The molecule has 0 amide bonds. The van der Waals surface area contributed by atoms with E-state index in [9.17, 15) is 0 Å². The van der Waals surface area contributed by atoms with Crippen molar-refractivity contribution in [2.75, 3.05) is 0 Å². The van der Waals surface area contributed by atoms with Crippen LogP contribution in [0.4, 0.5) is 0 Å². The molecule has 146 valence electrons. The van der Waals surface area contributed by atoms with E-state index in [1.807, 2.05) is 36.4 Å². The highest BCUT2D eigenvalue weighted by Gasteiger charge is 2.03. The van der Waals surface area contributed by atoms with Crippen LogP contribution in [0.15, 0.2) is 84.9 Å². The van der Waals surface area contributed by atoms with Crippen molar-refractivity contribution >= 4 is 10.8 Å². The number of aryl methyl sites for hydroxylation is 1. The molecule has 4 aromatic rings. The van der Waals surface area contributed by atoms with Gasteiger partial charge in [-0.05, 0) is 71.3 Å². The Morgan fingerprint density at radius 1 is 0.581 bits per heavy atom. The third-order valence-electron chi connectivity index (χ3n) is 5.11. The van der Waals surface area contributed by atoms with E-state index in [-0.39, 0.29) is 0 Å². The number of hydrogen-bond acceptors (Lipinski definition) is 1. The van der Waals surface area contributed by atoms with Crippen molar-refractivity contribution in [3.05, 3.63) is 118 Å². The lowest BCUT2D eigenvalue weighted by Gasteiger charge is -2.03. The summed E-state index contributed by atoms with van der Waals surface area (Å²) in [5, 5.41) is 11.1. The Morgan fingerprint density at radius 2 is 1.06 bits per heavy atom. The fraction of sp³-hybridized carbons (Fsp3) is 0.100. The monoisotopic (exact) mass is 395 g/mol. The summed E-state index contributed by atoms with van der Waals surface area (Å²) in [6.45, 7) is 2.19. The predicted molar refractivity (Wildman–Crippen MR) is 128 cm³/mol. The topological polar surface area (TPSA) is 23.8 Å². The normalized spacial score (nSPS) is 9.81. The minimum absolute atomic E-state index is 0.638. The van der Waals surface area contributed by atoms with Crippen molar-refractivity contribution < 1.29 is 0 Å². The van der Waals surface area contributed by atoms with Gasteiger partial charge in [-0.1, -0.05) is 73.4 Å². The second kappa shape index (κ2) is 9.50. The fourth-order valence-electron chi connectivity index (χ4n) is 3.47. The van der Waals surface area contributed by atoms with E-state index in [0.29, 0.717) is 5.56 Å². The molecule has 0 aliphatic rings. The zero-order valence-electron chi connectivity index (χ0n) is 17.4. The van der Waals surface area contributed by atoms with Crippen LogP contribution in [0.1, 0.15) is 46.7 Å². The largest absolute Gasteiger partial charge is 0.192 e. The molecule has 0 bridgehead atoms. The summed E-state index contributed by atoms with van der Waals surface area (Å²) >= 11 is 0. The van der Waals surface area contributed by atoms with Crippen molar-refractivity contribution in [3.63, 3.8) is 0 Å². The number of fused-ring (bicyclic) bond motifs is 1. The van der Waals surface area contributed by atoms with Crippen molar-refractivity contribution in [1.82, 2.24) is 0 Å². The molecule has 0 unspecified atom stereocenters. The fourth-order valence-corrected chi connectivity index (χ4v) is 3.47. The molecule has 0 heterocycles. The molecule has 0 saturated carbocycles. The third-order valence-corrected chi connectivity index (χ3v) is 5.11. The maximum atomic E-state index is 8.93. The smallest absolute Gasteiger partial charge is 0.0991 e.